The van der Waals surface area contributed by atoms with E-state index < -0.39 is 0 Å². The lowest BCUT2D eigenvalue weighted by atomic mass is 10.0. The van der Waals surface area contributed by atoms with E-state index in [0.29, 0.717) is 0 Å². The molecule has 0 N–H and O–H groups in total. The van der Waals surface area contributed by atoms with E-state index in [9.17, 15) is 0 Å². The number of ether oxygens (including phenoxy) is 2. The van der Waals surface area contributed by atoms with Crippen molar-refractivity contribution in [2.45, 2.75) is 0 Å². The molecule has 0 amide bonds. The van der Waals surface area contributed by atoms with Crippen LogP contribution in [0.25, 0.3) is 44.2 Å². The van der Waals surface area contributed by atoms with Crippen LogP contribution in [0.4, 0.5) is 51.2 Å². The van der Waals surface area contributed by atoms with Crippen LogP contribution in [-0.2, 0) is 0 Å². The van der Waals surface area contributed by atoms with Gasteiger partial charge in [0.2, 0.25) is 0 Å². The molecule has 1 aromatic heterocycles. The molecule has 0 fully saturated rings. The standard InChI is InChI=1S/C60H39N3O3/c1-6-22-55-49(17-1)50-36-35-48(39-60(50)64-55)61(44-31-27-40(28-32-44)42-13-11-15-46(37-42)62-51-18-2-7-23-56(51)65-57-24-8-3-19-52(57)62)45-33-29-41(30-34-45)43-14-12-16-47(38-43)63-53-20-4-9-25-58(53)66-59-26-10-5-21-54(59)63/h1-39H. The molecule has 2 aliphatic heterocycles. The van der Waals surface area contributed by atoms with E-state index in [4.69, 9.17) is 13.9 Å². The van der Waals surface area contributed by atoms with Crippen molar-refractivity contribution in [3.63, 3.8) is 0 Å². The molecule has 2 aliphatic rings. The first-order chi connectivity index (χ1) is 32.7. The summed E-state index contributed by atoms with van der Waals surface area (Å²) in [6, 6.07) is 82.7. The van der Waals surface area contributed by atoms with Crippen molar-refractivity contribution in [3.8, 4) is 45.3 Å². The number of benzene rings is 10. The highest BCUT2D eigenvalue weighted by molar-refractivity contribution is 6.06. The molecule has 6 nitrogen and oxygen atoms in total. The Morgan fingerprint density at radius 2 is 0.697 bits per heavy atom. The fourth-order valence-corrected chi connectivity index (χ4v) is 9.52. The Morgan fingerprint density at radius 3 is 1.18 bits per heavy atom. The average Bonchev–Trinajstić information content (AvgIpc) is 3.76. The molecule has 0 atom stereocenters. The Balaban J connectivity index is 0.866. The third-order valence-corrected chi connectivity index (χ3v) is 12.6. The van der Waals surface area contributed by atoms with E-state index in [1.54, 1.807) is 0 Å². The fourth-order valence-electron chi connectivity index (χ4n) is 9.52. The van der Waals surface area contributed by atoms with Gasteiger partial charge in [0.1, 0.15) is 11.2 Å². The Bertz CT molecular complexity index is 3360. The number of hydrogen-bond donors (Lipinski definition) is 0. The van der Waals surface area contributed by atoms with Gasteiger partial charge in [-0.1, -0.05) is 115 Å². The van der Waals surface area contributed by atoms with Crippen LogP contribution in [-0.4, -0.2) is 0 Å². The van der Waals surface area contributed by atoms with Crippen molar-refractivity contribution in [1.82, 2.24) is 0 Å². The maximum Gasteiger partial charge on any atom is 0.151 e. The molecule has 0 aliphatic carbocycles. The van der Waals surface area contributed by atoms with Gasteiger partial charge in [-0.2, -0.15) is 0 Å². The van der Waals surface area contributed by atoms with Crippen LogP contribution in [0.15, 0.2) is 241 Å². The molecule has 10 aromatic carbocycles. The molecule has 0 radical (unpaired) electrons. The molecule has 13 rings (SSSR count). The van der Waals surface area contributed by atoms with E-state index in [0.717, 1.165) is 118 Å². The van der Waals surface area contributed by atoms with Gasteiger partial charge in [-0.3, -0.25) is 0 Å². The molecule has 0 saturated heterocycles. The van der Waals surface area contributed by atoms with Crippen molar-refractivity contribution in [3.05, 3.63) is 237 Å². The Morgan fingerprint density at radius 1 is 0.288 bits per heavy atom. The lowest BCUT2D eigenvalue weighted by molar-refractivity contribution is 0.477. The van der Waals surface area contributed by atoms with Crippen LogP contribution in [0.2, 0.25) is 0 Å². The largest absolute Gasteiger partial charge is 0.456 e. The van der Waals surface area contributed by atoms with E-state index >= 15 is 0 Å². The van der Waals surface area contributed by atoms with Gasteiger partial charge in [-0.05, 0) is 138 Å². The van der Waals surface area contributed by atoms with E-state index in [2.05, 4.69) is 191 Å². The van der Waals surface area contributed by atoms with Gasteiger partial charge < -0.3 is 28.6 Å². The van der Waals surface area contributed by atoms with Gasteiger partial charge in [0.25, 0.3) is 0 Å². The third kappa shape index (κ3) is 6.34. The van der Waals surface area contributed by atoms with Gasteiger partial charge in [-0.15, -0.1) is 0 Å². The van der Waals surface area contributed by atoms with Gasteiger partial charge in [0.15, 0.2) is 23.0 Å². The number of hydrogen-bond acceptors (Lipinski definition) is 6. The molecule has 0 bridgehead atoms. The summed E-state index contributed by atoms with van der Waals surface area (Å²) < 4.78 is 19.1. The molecule has 312 valence electrons. The summed E-state index contributed by atoms with van der Waals surface area (Å²) in [5.41, 5.74) is 15.4. The summed E-state index contributed by atoms with van der Waals surface area (Å²) in [7, 11) is 0. The van der Waals surface area contributed by atoms with Crippen molar-refractivity contribution < 1.29 is 13.9 Å². The zero-order chi connectivity index (χ0) is 43.6. The number of anilines is 9. The summed E-state index contributed by atoms with van der Waals surface area (Å²) in [5, 5.41) is 2.20. The SMILES string of the molecule is c1cc(-c2ccc(N(c3ccc(-c4cccc(N5c6ccccc6Oc6ccccc65)c4)cc3)c3ccc4c(c3)oc3ccccc34)cc2)cc(N2c3ccccc3Oc3ccccc32)c1. The second-order valence-electron chi connectivity index (χ2n) is 16.6. The van der Waals surface area contributed by atoms with Crippen molar-refractivity contribution >= 4 is 73.1 Å². The number of furan rings is 1. The summed E-state index contributed by atoms with van der Waals surface area (Å²) >= 11 is 0. The number of para-hydroxylation sites is 9. The molecular formula is C60H39N3O3. The normalized spacial score (nSPS) is 12.4. The number of rotatable bonds is 7. The summed E-state index contributed by atoms with van der Waals surface area (Å²) in [5.74, 6) is 3.33. The predicted molar refractivity (Wildman–Crippen MR) is 269 cm³/mol. The zero-order valence-corrected chi connectivity index (χ0v) is 35.6. The minimum atomic E-state index is 0.832. The van der Waals surface area contributed by atoms with E-state index in [1.807, 2.05) is 60.7 Å². The highest BCUT2D eigenvalue weighted by Gasteiger charge is 2.27. The Hall–Kier alpha value is -9.00. The van der Waals surface area contributed by atoms with Crippen LogP contribution in [0.1, 0.15) is 0 Å². The lowest BCUT2D eigenvalue weighted by Crippen LogP contribution is -2.15. The smallest absolute Gasteiger partial charge is 0.151 e. The van der Waals surface area contributed by atoms with Crippen molar-refractivity contribution in [2.24, 2.45) is 0 Å². The molecular weight excluding hydrogens is 811 g/mol. The van der Waals surface area contributed by atoms with Gasteiger partial charge in [-0.25, -0.2) is 0 Å². The highest BCUT2D eigenvalue weighted by atomic mass is 16.5. The fraction of sp³-hybridized carbons (Fsp3) is 0. The first-order valence-electron chi connectivity index (χ1n) is 22.1. The molecule has 11 aromatic rings. The Labute approximate surface area is 382 Å². The molecule has 0 spiro atoms. The molecule has 0 saturated carbocycles. The summed E-state index contributed by atoms with van der Waals surface area (Å²) in [6.45, 7) is 0. The molecule has 6 heteroatoms. The second-order valence-corrected chi connectivity index (χ2v) is 16.6. The maximum atomic E-state index is 6.43. The monoisotopic (exact) mass is 849 g/mol. The van der Waals surface area contributed by atoms with Crippen LogP contribution in [0.5, 0.6) is 23.0 Å². The molecule has 3 heterocycles. The van der Waals surface area contributed by atoms with E-state index in [-0.39, 0.29) is 0 Å². The first-order valence-corrected chi connectivity index (χ1v) is 22.1. The first kappa shape index (κ1) is 37.5. The zero-order valence-electron chi connectivity index (χ0n) is 35.6. The second kappa shape index (κ2) is 15.4. The van der Waals surface area contributed by atoms with Crippen molar-refractivity contribution in [1.29, 1.82) is 0 Å². The number of nitrogens with zero attached hydrogens (tertiary/aromatic N) is 3. The van der Waals surface area contributed by atoms with Crippen LogP contribution in [0, 0.1) is 0 Å². The van der Waals surface area contributed by atoms with Crippen LogP contribution in [0.3, 0.4) is 0 Å². The van der Waals surface area contributed by atoms with Crippen LogP contribution < -0.4 is 24.2 Å². The molecule has 0 unspecified atom stereocenters. The number of fused-ring (bicyclic) bond motifs is 7. The lowest BCUT2D eigenvalue weighted by Gasteiger charge is -2.33. The Kier molecular flexibility index (Phi) is 8.74. The minimum Gasteiger partial charge on any atom is -0.456 e. The van der Waals surface area contributed by atoms with Gasteiger partial charge in [0, 0.05) is 45.3 Å². The summed E-state index contributed by atoms with van der Waals surface area (Å²) in [4.78, 5) is 6.86. The van der Waals surface area contributed by atoms with Gasteiger partial charge >= 0.3 is 0 Å². The maximum absolute atomic E-state index is 6.43. The van der Waals surface area contributed by atoms with Crippen LogP contribution >= 0.6 is 0 Å². The average molecular weight is 850 g/mol. The minimum absolute atomic E-state index is 0.832. The van der Waals surface area contributed by atoms with E-state index in [1.165, 1.54) is 0 Å². The predicted octanol–water partition coefficient (Wildman–Crippen LogP) is 17.5. The molecule has 66 heavy (non-hydrogen) atoms. The third-order valence-electron chi connectivity index (χ3n) is 12.6. The highest BCUT2D eigenvalue weighted by Crippen LogP contribution is 2.52. The topological polar surface area (TPSA) is 41.3 Å². The quantitative estimate of drug-likeness (QED) is 0.159. The van der Waals surface area contributed by atoms with Crippen molar-refractivity contribution in [2.75, 3.05) is 14.7 Å². The van der Waals surface area contributed by atoms with Gasteiger partial charge in [0.05, 0.1) is 22.7 Å². The summed E-state index contributed by atoms with van der Waals surface area (Å²) in [6.07, 6.45) is 0.